The summed E-state index contributed by atoms with van der Waals surface area (Å²) in [5, 5.41) is 0. The van der Waals surface area contributed by atoms with E-state index in [4.69, 9.17) is 0 Å². The summed E-state index contributed by atoms with van der Waals surface area (Å²) in [6, 6.07) is 6.89. The molecule has 2 nitrogen and oxygen atoms in total. The summed E-state index contributed by atoms with van der Waals surface area (Å²) in [4.78, 5) is 5.11. The van der Waals surface area contributed by atoms with Gasteiger partial charge in [0.1, 0.15) is 0 Å². The summed E-state index contributed by atoms with van der Waals surface area (Å²) in [7, 11) is 0. The minimum absolute atomic E-state index is 0.195. The van der Waals surface area contributed by atoms with Crippen LogP contribution >= 0.6 is 0 Å². The molecule has 1 heterocycles. The first-order valence-electron chi connectivity index (χ1n) is 7.56. The van der Waals surface area contributed by atoms with Gasteiger partial charge in [0, 0.05) is 25.2 Å². The number of hydrogen-bond donors (Lipinski definition) is 0. The summed E-state index contributed by atoms with van der Waals surface area (Å²) >= 11 is 0. The van der Waals surface area contributed by atoms with Crippen LogP contribution in [0.25, 0.3) is 0 Å². The lowest BCUT2D eigenvalue weighted by molar-refractivity contribution is 0.491. The van der Waals surface area contributed by atoms with Crippen molar-refractivity contribution in [2.75, 3.05) is 29.4 Å². The van der Waals surface area contributed by atoms with Crippen molar-refractivity contribution in [1.82, 2.24) is 0 Å². The second-order valence-corrected chi connectivity index (χ2v) is 6.66. The first-order chi connectivity index (χ1) is 8.93. The molecule has 1 aliphatic rings. The van der Waals surface area contributed by atoms with E-state index in [9.17, 15) is 0 Å². The van der Waals surface area contributed by atoms with Crippen LogP contribution in [0.15, 0.2) is 18.2 Å². The van der Waals surface area contributed by atoms with Crippen LogP contribution in [0, 0.1) is 6.92 Å². The molecule has 0 aromatic heterocycles. The van der Waals surface area contributed by atoms with Gasteiger partial charge in [-0.15, -0.1) is 0 Å². The van der Waals surface area contributed by atoms with Crippen molar-refractivity contribution in [3.05, 3.63) is 23.8 Å². The van der Waals surface area contributed by atoms with E-state index in [-0.39, 0.29) is 5.54 Å². The molecule has 0 spiro atoms. The van der Waals surface area contributed by atoms with Crippen molar-refractivity contribution in [3.8, 4) is 0 Å². The number of rotatable bonds is 3. The van der Waals surface area contributed by atoms with Gasteiger partial charge in [-0.05, 0) is 51.8 Å². The quantitative estimate of drug-likeness (QED) is 0.803. The Balaban J connectivity index is 2.35. The number of fused-ring (bicyclic) bond motifs is 1. The lowest BCUT2D eigenvalue weighted by atomic mass is 10.0. The van der Waals surface area contributed by atoms with Crippen molar-refractivity contribution < 1.29 is 0 Å². The van der Waals surface area contributed by atoms with E-state index in [1.807, 2.05) is 0 Å². The first-order valence-corrected chi connectivity index (χ1v) is 7.56. The Kier molecular flexibility index (Phi) is 4.07. The van der Waals surface area contributed by atoms with Crippen LogP contribution in [0.4, 0.5) is 11.4 Å². The maximum Gasteiger partial charge on any atom is 0.0609 e. The van der Waals surface area contributed by atoms with Crippen LogP contribution < -0.4 is 9.80 Å². The molecule has 0 radical (unpaired) electrons. The van der Waals surface area contributed by atoms with Gasteiger partial charge < -0.3 is 9.80 Å². The van der Waals surface area contributed by atoms with Gasteiger partial charge in [-0.1, -0.05) is 19.4 Å². The fourth-order valence-corrected chi connectivity index (χ4v) is 2.85. The summed E-state index contributed by atoms with van der Waals surface area (Å²) in [6.45, 7) is 14.8. The van der Waals surface area contributed by atoms with Crippen LogP contribution in [0.3, 0.4) is 0 Å². The molecule has 2 rings (SSSR count). The molecule has 2 heteroatoms. The Bertz CT molecular complexity index is 431. The number of anilines is 2. The van der Waals surface area contributed by atoms with E-state index in [1.165, 1.54) is 36.3 Å². The monoisotopic (exact) mass is 260 g/mol. The maximum absolute atomic E-state index is 2.56. The molecule has 0 N–H and O–H groups in total. The summed E-state index contributed by atoms with van der Waals surface area (Å²) in [6.07, 6.45) is 2.55. The van der Waals surface area contributed by atoms with Crippen LogP contribution in [0.2, 0.25) is 0 Å². The van der Waals surface area contributed by atoms with E-state index >= 15 is 0 Å². The number of unbranched alkanes of at least 4 members (excludes halogenated alkanes) is 1. The van der Waals surface area contributed by atoms with Gasteiger partial charge in [-0.25, -0.2) is 0 Å². The van der Waals surface area contributed by atoms with Crippen molar-refractivity contribution in [3.63, 3.8) is 0 Å². The Morgan fingerprint density at radius 2 is 1.84 bits per heavy atom. The average molecular weight is 260 g/mol. The molecule has 1 aromatic rings. The molecule has 19 heavy (non-hydrogen) atoms. The average Bonchev–Trinajstić information content (AvgIpc) is 2.34. The van der Waals surface area contributed by atoms with Gasteiger partial charge in [-0.2, -0.15) is 0 Å². The lowest BCUT2D eigenvalue weighted by Gasteiger charge is -2.45. The van der Waals surface area contributed by atoms with Crippen molar-refractivity contribution in [2.45, 2.75) is 53.0 Å². The molecule has 0 saturated heterocycles. The second-order valence-electron chi connectivity index (χ2n) is 6.66. The molecule has 1 aromatic carbocycles. The third kappa shape index (κ3) is 3.05. The third-order valence-electron chi connectivity index (χ3n) is 3.95. The highest BCUT2D eigenvalue weighted by atomic mass is 15.3. The Labute approximate surface area is 118 Å². The summed E-state index contributed by atoms with van der Waals surface area (Å²) < 4.78 is 0. The molecule has 106 valence electrons. The highest BCUT2D eigenvalue weighted by Gasteiger charge is 2.29. The normalized spacial score (nSPS) is 15.6. The number of benzene rings is 1. The summed E-state index contributed by atoms with van der Waals surface area (Å²) in [5.41, 5.74) is 4.38. The Morgan fingerprint density at radius 1 is 1.11 bits per heavy atom. The maximum atomic E-state index is 2.56. The van der Waals surface area contributed by atoms with E-state index in [0.29, 0.717) is 0 Å². The van der Waals surface area contributed by atoms with Crippen LogP contribution in [0.5, 0.6) is 0 Å². The highest BCUT2D eigenvalue weighted by molar-refractivity contribution is 5.75. The largest absolute Gasteiger partial charge is 0.368 e. The van der Waals surface area contributed by atoms with Crippen LogP contribution in [-0.2, 0) is 0 Å². The number of aryl methyl sites for hydroxylation is 1. The Hall–Kier alpha value is -1.18. The lowest BCUT2D eigenvalue weighted by Crippen LogP contribution is -2.50. The zero-order chi connectivity index (χ0) is 14.0. The topological polar surface area (TPSA) is 6.48 Å². The smallest absolute Gasteiger partial charge is 0.0609 e. The van der Waals surface area contributed by atoms with Gasteiger partial charge in [0.25, 0.3) is 0 Å². The molecule has 0 bridgehead atoms. The van der Waals surface area contributed by atoms with E-state index < -0.39 is 0 Å². The minimum Gasteiger partial charge on any atom is -0.368 e. The molecule has 0 aliphatic carbocycles. The molecule has 0 unspecified atom stereocenters. The first kappa shape index (κ1) is 14.2. The molecule has 1 aliphatic heterocycles. The van der Waals surface area contributed by atoms with Crippen molar-refractivity contribution in [1.29, 1.82) is 0 Å². The van der Waals surface area contributed by atoms with Crippen molar-refractivity contribution >= 4 is 11.4 Å². The van der Waals surface area contributed by atoms with Gasteiger partial charge >= 0.3 is 0 Å². The standard InChI is InChI=1S/C17H28N2/c1-6-7-10-18-11-12-19(17(3,4)5)15-9-8-14(2)13-16(15)18/h8-9,13H,6-7,10-12H2,1-5H3. The van der Waals surface area contributed by atoms with E-state index in [2.05, 4.69) is 62.6 Å². The highest BCUT2D eigenvalue weighted by Crippen LogP contribution is 2.37. The fraction of sp³-hybridized carbons (Fsp3) is 0.647. The zero-order valence-corrected chi connectivity index (χ0v) is 13.2. The van der Waals surface area contributed by atoms with Crippen LogP contribution in [0.1, 0.15) is 46.1 Å². The minimum atomic E-state index is 0.195. The molecule has 0 fully saturated rings. The van der Waals surface area contributed by atoms with Gasteiger partial charge in [0.05, 0.1) is 11.4 Å². The third-order valence-corrected chi connectivity index (χ3v) is 3.95. The van der Waals surface area contributed by atoms with Crippen LogP contribution in [-0.4, -0.2) is 25.2 Å². The number of hydrogen-bond acceptors (Lipinski definition) is 2. The van der Waals surface area contributed by atoms with Crippen molar-refractivity contribution in [2.24, 2.45) is 0 Å². The molecule has 0 atom stereocenters. The van der Waals surface area contributed by atoms with E-state index in [0.717, 1.165) is 13.1 Å². The Morgan fingerprint density at radius 3 is 2.47 bits per heavy atom. The van der Waals surface area contributed by atoms with Gasteiger partial charge in [-0.3, -0.25) is 0 Å². The van der Waals surface area contributed by atoms with Gasteiger partial charge in [0.2, 0.25) is 0 Å². The molecule has 0 saturated carbocycles. The molecular weight excluding hydrogens is 232 g/mol. The van der Waals surface area contributed by atoms with E-state index in [1.54, 1.807) is 0 Å². The predicted molar refractivity (Wildman–Crippen MR) is 85.4 cm³/mol. The number of nitrogens with zero attached hydrogens (tertiary/aromatic N) is 2. The predicted octanol–water partition coefficient (Wildman–Crippen LogP) is 4.22. The second kappa shape index (κ2) is 5.44. The molecular formula is C17H28N2. The summed E-state index contributed by atoms with van der Waals surface area (Å²) in [5.74, 6) is 0. The fourth-order valence-electron chi connectivity index (χ4n) is 2.85. The SMILES string of the molecule is CCCCN1CCN(C(C)(C)C)c2ccc(C)cc21. The zero-order valence-electron chi connectivity index (χ0n) is 13.2. The molecule has 0 amide bonds. The van der Waals surface area contributed by atoms with Gasteiger partial charge in [0.15, 0.2) is 0 Å².